The lowest BCUT2D eigenvalue weighted by Gasteiger charge is -2.32. The summed E-state index contributed by atoms with van der Waals surface area (Å²) >= 11 is 0. The first kappa shape index (κ1) is 16.5. The molecule has 3 rings (SSSR count). The van der Waals surface area contributed by atoms with Gasteiger partial charge in [-0.2, -0.15) is 0 Å². The van der Waals surface area contributed by atoms with Gasteiger partial charge in [0.25, 0.3) is 0 Å². The second-order valence-corrected chi connectivity index (χ2v) is 4.72. The molecule has 0 unspecified atom stereocenters. The molecule has 108 valence electrons. The molecule has 19 heavy (non-hydrogen) atoms. The van der Waals surface area contributed by atoms with E-state index in [1.165, 1.54) is 6.42 Å². The minimum absolute atomic E-state index is 0. The van der Waals surface area contributed by atoms with Gasteiger partial charge in [0, 0.05) is 12.2 Å². The van der Waals surface area contributed by atoms with Crippen LogP contribution in [0.5, 0.6) is 5.75 Å². The molecule has 0 aromatic carbocycles. The summed E-state index contributed by atoms with van der Waals surface area (Å²) in [5.41, 5.74) is 0. The van der Waals surface area contributed by atoms with Crippen LogP contribution in [0.1, 0.15) is 19.3 Å². The number of fused-ring (bicyclic) bond motifs is 1. The number of aromatic nitrogens is 1. The van der Waals surface area contributed by atoms with Crippen LogP contribution < -0.4 is 10.1 Å². The van der Waals surface area contributed by atoms with Gasteiger partial charge in [-0.1, -0.05) is 0 Å². The smallest absolute Gasteiger partial charge is 0.137 e. The van der Waals surface area contributed by atoms with E-state index in [1.807, 2.05) is 12.1 Å². The zero-order valence-electron chi connectivity index (χ0n) is 10.7. The van der Waals surface area contributed by atoms with Gasteiger partial charge >= 0.3 is 0 Å². The number of hydrogen-bond donors (Lipinski definition) is 1. The van der Waals surface area contributed by atoms with Crippen molar-refractivity contribution in [1.82, 2.24) is 10.3 Å². The van der Waals surface area contributed by atoms with Gasteiger partial charge in [0.1, 0.15) is 12.4 Å². The van der Waals surface area contributed by atoms with E-state index in [4.69, 9.17) is 9.47 Å². The van der Waals surface area contributed by atoms with Crippen molar-refractivity contribution in [3.05, 3.63) is 24.5 Å². The first-order valence-corrected chi connectivity index (χ1v) is 6.33. The Morgan fingerprint density at radius 1 is 1.32 bits per heavy atom. The highest BCUT2D eigenvalue weighted by atomic mass is 35.5. The van der Waals surface area contributed by atoms with Gasteiger partial charge in [-0.05, 0) is 37.9 Å². The van der Waals surface area contributed by atoms with Crippen LogP contribution in [0.25, 0.3) is 0 Å². The normalized spacial score (nSPS) is 28.7. The van der Waals surface area contributed by atoms with Gasteiger partial charge in [0.2, 0.25) is 0 Å². The maximum absolute atomic E-state index is 6.02. The molecule has 3 atom stereocenters. The Morgan fingerprint density at radius 3 is 3.00 bits per heavy atom. The van der Waals surface area contributed by atoms with Crippen LogP contribution in [0.2, 0.25) is 0 Å². The van der Waals surface area contributed by atoms with Gasteiger partial charge in [-0.15, -0.1) is 24.8 Å². The van der Waals surface area contributed by atoms with Gasteiger partial charge in [-0.25, -0.2) is 0 Å². The van der Waals surface area contributed by atoms with Crippen molar-refractivity contribution in [1.29, 1.82) is 0 Å². The van der Waals surface area contributed by atoms with Crippen molar-refractivity contribution in [2.45, 2.75) is 37.5 Å². The van der Waals surface area contributed by atoms with Gasteiger partial charge in [-0.3, -0.25) is 4.98 Å². The summed E-state index contributed by atoms with van der Waals surface area (Å²) in [6.07, 6.45) is 7.53. The first-order valence-electron chi connectivity index (χ1n) is 6.33. The predicted molar refractivity (Wildman–Crippen MR) is 78.5 cm³/mol. The van der Waals surface area contributed by atoms with Crippen molar-refractivity contribution < 1.29 is 9.47 Å². The fraction of sp³-hybridized carbons (Fsp3) is 0.615. The van der Waals surface area contributed by atoms with Crippen LogP contribution in [0, 0.1) is 0 Å². The molecular formula is C13H20Cl2N2O2. The van der Waals surface area contributed by atoms with E-state index in [0.29, 0.717) is 18.8 Å². The molecule has 2 fully saturated rings. The summed E-state index contributed by atoms with van der Waals surface area (Å²) in [6, 6.07) is 4.38. The summed E-state index contributed by atoms with van der Waals surface area (Å²) < 4.78 is 11.7. The Labute approximate surface area is 126 Å². The highest BCUT2D eigenvalue weighted by Crippen LogP contribution is 2.25. The summed E-state index contributed by atoms with van der Waals surface area (Å²) in [5.74, 6) is 0.822. The SMILES string of the molecule is Cl.Cl.c1cncc(OC[C@H]2CC[C@H]3NCC[C@H]3O2)c1. The van der Waals surface area contributed by atoms with Crippen molar-refractivity contribution in [2.24, 2.45) is 0 Å². The van der Waals surface area contributed by atoms with Crippen LogP contribution in [-0.4, -0.2) is 36.4 Å². The van der Waals surface area contributed by atoms with Crippen molar-refractivity contribution in [3.8, 4) is 5.75 Å². The van der Waals surface area contributed by atoms with Crippen LogP contribution in [0.15, 0.2) is 24.5 Å². The summed E-state index contributed by atoms with van der Waals surface area (Å²) in [6.45, 7) is 1.72. The van der Waals surface area contributed by atoms with Crippen LogP contribution >= 0.6 is 24.8 Å². The number of pyridine rings is 1. The number of halogens is 2. The lowest BCUT2D eigenvalue weighted by Crippen LogP contribution is -2.42. The standard InChI is InChI=1S/C13H18N2O2.2ClH/c1-2-10(8-14-6-1)16-9-11-3-4-12-13(17-11)5-7-15-12;;/h1-2,6,8,11-13,15H,3-5,7,9H2;2*1H/t11-,12-,13-;;/m1../s1. The maximum atomic E-state index is 6.02. The van der Waals surface area contributed by atoms with E-state index in [0.717, 1.165) is 25.1 Å². The van der Waals surface area contributed by atoms with Crippen molar-refractivity contribution in [2.75, 3.05) is 13.2 Å². The quantitative estimate of drug-likeness (QED) is 0.930. The zero-order valence-corrected chi connectivity index (χ0v) is 12.3. The molecule has 6 heteroatoms. The largest absolute Gasteiger partial charge is 0.489 e. The van der Waals surface area contributed by atoms with E-state index in [1.54, 1.807) is 12.4 Å². The molecule has 0 saturated carbocycles. The molecule has 0 bridgehead atoms. The predicted octanol–water partition coefficient (Wildman–Crippen LogP) is 2.21. The number of hydrogen-bond acceptors (Lipinski definition) is 4. The van der Waals surface area contributed by atoms with E-state index < -0.39 is 0 Å². The lowest BCUT2D eigenvalue weighted by atomic mass is 10.0. The molecule has 1 aromatic heterocycles. The highest BCUT2D eigenvalue weighted by molar-refractivity contribution is 5.85. The number of nitrogens with one attached hydrogen (secondary N) is 1. The number of rotatable bonds is 3. The topological polar surface area (TPSA) is 43.4 Å². The van der Waals surface area contributed by atoms with E-state index in [9.17, 15) is 0 Å². The molecule has 2 aliphatic heterocycles. The molecule has 0 aliphatic carbocycles. The zero-order chi connectivity index (χ0) is 11.5. The molecule has 3 heterocycles. The second kappa shape index (κ2) is 7.90. The Hall–Kier alpha value is -0.550. The lowest BCUT2D eigenvalue weighted by molar-refractivity contribution is -0.0701. The molecule has 1 N–H and O–H groups in total. The second-order valence-electron chi connectivity index (χ2n) is 4.72. The average molecular weight is 307 g/mol. The average Bonchev–Trinajstić information content (AvgIpc) is 2.85. The van der Waals surface area contributed by atoms with E-state index in [-0.39, 0.29) is 30.9 Å². The van der Waals surface area contributed by atoms with Crippen molar-refractivity contribution in [3.63, 3.8) is 0 Å². The Kier molecular flexibility index (Phi) is 6.86. The highest BCUT2D eigenvalue weighted by Gasteiger charge is 2.34. The summed E-state index contributed by atoms with van der Waals surface area (Å²) in [4.78, 5) is 4.03. The molecule has 4 nitrogen and oxygen atoms in total. The molecule has 0 spiro atoms. The Bertz CT molecular complexity index is 367. The Balaban J connectivity index is 0.000000902. The Morgan fingerprint density at radius 2 is 2.21 bits per heavy atom. The molecule has 0 amide bonds. The summed E-state index contributed by atoms with van der Waals surface area (Å²) in [5, 5.41) is 3.48. The van der Waals surface area contributed by atoms with Gasteiger partial charge in [0.05, 0.1) is 18.4 Å². The molecule has 1 aromatic rings. The third-order valence-electron chi connectivity index (χ3n) is 3.52. The molecular weight excluding hydrogens is 287 g/mol. The van der Waals surface area contributed by atoms with Gasteiger partial charge in [0.15, 0.2) is 0 Å². The van der Waals surface area contributed by atoms with Crippen molar-refractivity contribution >= 4 is 24.8 Å². The van der Waals surface area contributed by atoms with Crippen LogP contribution in [0.3, 0.4) is 0 Å². The minimum Gasteiger partial charge on any atom is -0.489 e. The monoisotopic (exact) mass is 306 g/mol. The molecule has 2 saturated heterocycles. The summed E-state index contributed by atoms with van der Waals surface area (Å²) in [7, 11) is 0. The third-order valence-corrected chi connectivity index (χ3v) is 3.52. The van der Waals surface area contributed by atoms with Crippen LogP contribution in [0.4, 0.5) is 0 Å². The number of ether oxygens (including phenoxy) is 2. The first-order chi connectivity index (χ1) is 8.42. The molecule has 2 aliphatic rings. The fourth-order valence-corrected chi connectivity index (χ4v) is 2.62. The fourth-order valence-electron chi connectivity index (χ4n) is 2.62. The maximum Gasteiger partial charge on any atom is 0.137 e. The molecule has 0 radical (unpaired) electrons. The van der Waals surface area contributed by atoms with Gasteiger partial charge < -0.3 is 14.8 Å². The minimum atomic E-state index is 0. The third kappa shape index (κ3) is 4.21. The van der Waals surface area contributed by atoms with E-state index >= 15 is 0 Å². The van der Waals surface area contributed by atoms with E-state index in [2.05, 4.69) is 10.3 Å². The number of nitrogens with zero attached hydrogens (tertiary/aromatic N) is 1. The van der Waals surface area contributed by atoms with Crippen LogP contribution in [-0.2, 0) is 4.74 Å².